The summed E-state index contributed by atoms with van der Waals surface area (Å²) in [5.74, 6) is 0. The van der Waals surface area contributed by atoms with E-state index >= 15 is 0 Å². The molecule has 0 unspecified atom stereocenters. The number of benzene rings is 7. The van der Waals surface area contributed by atoms with Gasteiger partial charge in [0, 0.05) is 49.2 Å². The van der Waals surface area contributed by atoms with Gasteiger partial charge in [0.2, 0.25) is 0 Å². The lowest BCUT2D eigenvalue weighted by atomic mass is 9.84. The van der Waals surface area contributed by atoms with Crippen molar-refractivity contribution in [2.75, 3.05) is 0 Å². The Morgan fingerprint density at radius 3 is 1.53 bits per heavy atom. The number of rotatable bonds is 2. The summed E-state index contributed by atoms with van der Waals surface area (Å²) in [4.78, 5) is 0. The second kappa shape index (κ2) is 8.37. The summed E-state index contributed by atoms with van der Waals surface area (Å²) in [6.45, 7) is 0. The number of hydrogen-bond donors (Lipinski definition) is 0. The summed E-state index contributed by atoms with van der Waals surface area (Å²) in [6, 6.07) is 44.6. The molecule has 0 bridgehead atoms. The average molecular weight is 551 g/mol. The van der Waals surface area contributed by atoms with Gasteiger partial charge in [0.25, 0.3) is 0 Å². The van der Waals surface area contributed by atoms with Gasteiger partial charge < -0.3 is 13.3 Å². The zero-order valence-electron chi connectivity index (χ0n) is 22.9. The van der Waals surface area contributed by atoms with Crippen LogP contribution in [0.1, 0.15) is 0 Å². The first-order valence-corrected chi connectivity index (χ1v) is 14.5. The van der Waals surface area contributed by atoms with Crippen LogP contribution >= 0.6 is 0 Å². The van der Waals surface area contributed by atoms with Gasteiger partial charge in [0.15, 0.2) is 0 Å². The molecule has 0 fully saturated rings. The van der Waals surface area contributed by atoms with E-state index in [1.54, 1.807) is 6.26 Å². The molecule has 0 N–H and O–H groups in total. The first-order chi connectivity index (χ1) is 21.3. The van der Waals surface area contributed by atoms with Gasteiger partial charge in [-0.05, 0) is 45.8 Å². The van der Waals surface area contributed by atoms with E-state index in [-0.39, 0.29) is 0 Å². The lowest BCUT2D eigenvalue weighted by molar-refractivity contribution is 0.616. The molecule has 200 valence electrons. The summed E-state index contributed by atoms with van der Waals surface area (Å²) >= 11 is 0. The summed E-state index contributed by atoms with van der Waals surface area (Å²) in [5.41, 5.74) is 8.84. The maximum atomic E-state index is 6.66. The highest BCUT2D eigenvalue weighted by molar-refractivity contribution is 6.29. The predicted molar refractivity (Wildman–Crippen MR) is 177 cm³/mol. The van der Waals surface area contributed by atoms with Gasteiger partial charge in [-0.15, -0.1) is 0 Å². The molecular weight excluding hydrogens is 528 g/mol. The fraction of sp³-hybridized carbons (Fsp3) is 0. The lowest BCUT2D eigenvalue weighted by Crippen LogP contribution is -1.92. The minimum atomic E-state index is 0.846. The third kappa shape index (κ3) is 3.03. The molecule has 0 amide bonds. The Hall–Kier alpha value is -5.80. The van der Waals surface area contributed by atoms with Crippen molar-refractivity contribution >= 4 is 76.4 Å². The van der Waals surface area contributed by atoms with Gasteiger partial charge in [-0.25, -0.2) is 0 Å². The van der Waals surface area contributed by atoms with E-state index in [1.807, 2.05) is 24.3 Å². The van der Waals surface area contributed by atoms with E-state index < -0.39 is 0 Å². The van der Waals surface area contributed by atoms with Gasteiger partial charge >= 0.3 is 0 Å². The van der Waals surface area contributed by atoms with Crippen molar-refractivity contribution in [3.8, 4) is 22.3 Å². The van der Waals surface area contributed by atoms with Gasteiger partial charge in [0.1, 0.15) is 27.9 Å². The van der Waals surface area contributed by atoms with Crippen molar-refractivity contribution < 1.29 is 13.3 Å². The normalized spacial score (nSPS) is 12.2. The van der Waals surface area contributed by atoms with Gasteiger partial charge in [0.05, 0.1) is 6.26 Å². The van der Waals surface area contributed by atoms with Gasteiger partial charge in [-0.1, -0.05) is 103 Å². The van der Waals surface area contributed by atoms with Crippen molar-refractivity contribution in [2.45, 2.75) is 0 Å². The highest BCUT2D eigenvalue weighted by Crippen LogP contribution is 2.50. The van der Waals surface area contributed by atoms with Crippen molar-refractivity contribution in [3.05, 3.63) is 134 Å². The quantitative estimate of drug-likeness (QED) is 0.201. The molecule has 0 saturated heterocycles. The molecule has 3 heterocycles. The largest absolute Gasteiger partial charge is 0.464 e. The van der Waals surface area contributed by atoms with Crippen LogP contribution in [0.25, 0.3) is 98.6 Å². The van der Waals surface area contributed by atoms with Crippen LogP contribution in [0.2, 0.25) is 0 Å². The highest BCUT2D eigenvalue weighted by Gasteiger charge is 2.24. The molecule has 43 heavy (non-hydrogen) atoms. The maximum Gasteiger partial charge on any atom is 0.144 e. The van der Waals surface area contributed by atoms with Gasteiger partial charge in [-0.2, -0.15) is 0 Å². The molecule has 3 nitrogen and oxygen atoms in total. The molecular formula is C40H22O3. The van der Waals surface area contributed by atoms with Crippen LogP contribution < -0.4 is 0 Å². The van der Waals surface area contributed by atoms with Crippen LogP contribution in [0.4, 0.5) is 0 Å². The van der Waals surface area contributed by atoms with E-state index in [2.05, 4.69) is 103 Å². The molecule has 0 atom stereocenters. The minimum Gasteiger partial charge on any atom is -0.464 e. The standard InChI is InChI=1S/C40H22O3/c1-3-14-27-25(12-1)36(31-17-9-16-29-23-10-5-7-18-33(23)42-39(29)31)26-13-2-4-15-28(26)37(27)38-30-20-21-41-35(30)22-32-24-11-6-8-19-34(24)43-40(32)38/h1-22H. The highest BCUT2D eigenvalue weighted by atomic mass is 16.3. The Bertz CT molecular complexity index is 2680. The van der Waals surface area contributed by atoms with Crippen LogP contribution in [0.5, 0.6) is 0 Å². The Labute approximate surface area is 245 Å². The smallest absolute Gasteiger partial charge is 0.144 e. The van der Waals surface area contributed by atoms with Crippen molar-refractivity contribution in [1.29, 1.82) is 0 Å². The van der Waals surface area contributed by atoms with Crippen molar-refractivity contribution in [1.82, 2.24) is 0 Å². The minimum absolute atomic E-state index is 0.846. The average Bonchev–Trinajstić information content (AvgIpc) is 3.78. The Kier molecular flexibility index (Phi) is 4.45. The monoisotopic (exact) mass is 550 g/mol. The zero-order chi connectivity index (χ0) is 28.1. The molecule has 0 aliphatic heterocycles. The van der Waals surface area contributed by atoms with Crippen LogP contribution in [0.15, 0.2) is 147 Å². The third-order valence-corrected chi connectivity index (χ3v) is 8.96. The number of hydrogen-bond acceptors (Lipinski definition) is 3. The first kappa shape index (κ1) is 22.8. The van der Waals surface area contributed by atoms with E-state index in [9.17, 15) is 0 Å². The van der Waals surface area contributed by atoms with Crippen LogP contribution in [-0.4, -0.2) is 0 Å². The molecule has 7 aromatic carbocycles. The van der Waals surface area contributed by atoms with E-state index in [1.165, 1.54) is 5.56 Å². The molecule has 3 aromatic heterocycles. The number of para-hydroxylation sites is 3. The lowest BCUT2D eigenvalue weighted by Gasteiger charge is -2.18. The molecule has 0 aliphatic rings. The van der Waals surface area contributed by atoms with Crippen molar-refractivity contribution in [3.63, 3.8) is 0 Å². The molecule has 10 aromatic rings. The first-order valence-electron chi connectivity index (χ1n) is 14.5. The second-order valence-electron chi connectivity index (χ2n) is 11.2. The summed E-state index contributed by atoms with van der Waals surface area (Å²) in [7, 11) is 0. The fourth-order valence-electron chi connectivity index (χ4n) is 7.17. The summed E-state index contributed by atoms with van der Waals surface area (Å²) in [6.07, 6.45) is 1.77. The summed E-state index contributed by atoms with van der Waals surface area (Å²) in [5, 5.41) is 10.0. The zero-order valence-corrected chi connectivity index (χ0v) is 22.9. The third-order valence-electron chi connectivity index (χ3n) is 8.96. The number of furan rings is 3. The Morgan fingerprint density at radius 2 is 0.860 bits per heavy atom. The van der Waals surface area contributed by atoms with Crippen LogP contribution in [0.3, 0.4) is 0 Å². The van der Waals surface area contributed by atoms with Crippen molar-refractivity contribution in [2.24, 2.45) is 0 Å². The second-order valence-corrected chi connectivity index (χ2v) is 11.2. The molecule has 0 saturated carbocycles. The predicted octanol–water partition coefficient (Wildman–Crippen LogP) is 11.9. The van der Waals surface area contributed by atoms with Gasteiger partial charge in [-0.3, -0.25) is 0 Å². The van der Waals surface area contributed by atoms with E-state index in [0.29, 0.717) is 0 Å². The van der Waals surface area contributed by atoms with E-state index in [4.69, 9.17) is 13.3 Å². The molecule has 3 heteroatoms. The maximum absolute atomic E-state index is 6.66. The Balaban J connectivity index is 1.42. The molecule has 0 spiro atoms. The van der Waals surface area contributed by atoms with E-state index in [0.717, 1.165) is 93.1 Å². The fourth-order valence-corrected chi connectivity index (χ4v) is 7.17. The van der Waals surface area contributed by atoms with Crippen LogP contribution in [-0.2, 0) is 0 Å². The summed E-state index contributed by atoms with van der Waals surface area (Å²) < 4.78 is 19.3. The SMILES string of the molecule is c1ccc2c(c1)oc1c(-c3c4ccccc4c(-c4c5ccoc5cc5c4oc4ccccc45)c4ccccc34)cccc12. The van der Waals surface area contributed by atoms with Crippen LogP contribution in [0, 0.1) is 0 Å². The molecule has 10 rings (SSSR count). The topological polar surface area (TPSA) is 39.4 Å². The number of fused-ring (bicyclic) bond motifs is 9. The molecule has 0 aliphatic carbocycles. The molecule has 0 radical (unpaired) electrons. The Morgan fingerprint density at radius 1 is 0.326 bits per heavy atom.